The summed E-state index contributed by atoms with van der Waals surface area (Å²) in [6.45, 7) is 2.45. The summed E-state index contributed by atoms with van der Waals surface area (Å²) in [5.74, 6) is 1.76. The zero-order valence-corrected chi connectivity index (χ0v) is 13.3. The van der Waals surface area contributed by atoms with Crippen molar-refractivity contribution >= 4 is 43.2 Å². The van der Waals surface area contributed by atoms with Crippen molar-refractivity contribution in [1.82, 2.24) is 4.98 Å². The summed E-state index contributed by atoms with van der Waals surface area (Å²) in [6, 6.07) is 1.86. The zero-order valence-electron chi connectivity index (χ0n) is 10.0. The molecule has 7 heteroatoms. The number of rotatable bonds is 3. The van der Waals surface area contributed by atoms with Gasteiger partial charge in [-0.25, -0.2) is 8.42 Å². The molecule has 0 spiro atoms. The maximum absolute atomic E-state index is 12.2. The van der Waals surface area contributed by atoms with E-state index in [1.165, 1.54) is 0 Å². The molecular weight excluding hydrogens is 336 g/mol. The largest absolute Gasteiger partial charge is 0.352 e. The highest BCUT2D eigenvalue weighted by atomic mass is 79.9. The van der Waals surface area contributed by atoms with E-state index in [0.717, 1.165) is 22.5 Å². The fourth-order valence-corrected chi connectivity index (χ4v) is 5.41. The first-order chi connectivity index (χ1) is 8.56. The van der Waals surface area contributed by atoms with E-state index < -0.39 is 15.2 Å². The van der Waals surface area contributed by atoms with E-state index in [4.69, 9.17) is 0 Å². The summed E-state index contributed by atoms with van der Waals surface area (Å²) in [7, 11) is -3.07. The molecule has 0 N–H and O–H groups in total. The molecule has 18 heavy (non-hydrogen) atoms. The first-order valence-corrected chi connectivity index (χ1v) is 9.38. The molecule has 4 nitrogen and oxygen atoms in total. The molecule has 1 atom stereocenters. The van der Waals surface area contributed by atoms with Crippen LogP contribution in [0.5, 0.6) is 0 Å². The number of hydrogen-bond donors (Lipinski definition) is 0. The third-order valence-electron chi connectivity index (χ3n) is 2.96. The van der Waals surface area contributed by atoms with Crippen LogP contribution in [-0.2, 0) is 9.84 Å². The van der Waals surface area contributed by atoms with E-state index in [9.17, 15) is 8.42 Å². The van der Waals surface area contributed by atoms with Gasteiger partial charge in [0.05, 0.1) is 10.2 Å². The van der Waals surface area contributed by atoms with Gasteiger partial charge >= 0.3 is 0 Å². The second-order valence-electron chi connectivity index (χ2n) is 4.00. The summed E-state index contributed by atoms with van der Waals surface area (Å²) < 4.78 is 25.2. The summed E-state index contributed by atoms with van der Waals surface area (Å²) in [6.07, 6.45) is 3.39. The van der Waals surface area contributed by atoms with Gasteiger partial charge in [0.1, 0.15) is 5.37 Å². The number of thioether (sulfide) groups is 1. The van der Waals surface area contributed by atoms with Crippen LogP contribution in [0.15, 0.2) is 22.9 Å². The van der Waals surface area contributed by atoms with Gasteiger partial charge in [0.25, 0.3) is 0 Å². The predicted octanol–water partition coefficient (Wildman–Crippen LogP) is 2.16. The molecule has 100 valence electrons. The Morgan fingerprint density at radius 1 is 1.61 bits per heavy atom. The lowest BCUT2D eigenvalue weighted by Gasteiger charge is -2.36. The highest BCUT2D eigenvalue weighted by Gasteiger charge is 2.33. The minimum Gasteiger partial charge on any atom is -0.352 e. The summed E-state index contributed by atoms with van der Waals surface area (Å²) in [5, 5.41) is -0.431. The number of nitrogens with zero attached hydrogens (tertiary/aromatic N) is 2. The van der Waals surface area contributed by atoms with Crippen molar-refractivity contribution in [2.45, 2.75) is 12.3 Å². The lowest BCUT2D eigenvalue weighted by molar-refractivity contribution is 0.579. The van der Waals surface area contributed by atoms with Crippen LogP contribution in [0.4, 0.5) is 5.69 Å². The van der Waals surface area contributed by atoms with Gasteiger partial charge in [-0.3, -0.25) is 4.98 Å². The second-order valence-corrected chi connectivity index (χ2v) is 8.45. The maximum Gasteiger partial charge on any atom is 0.171 e. The van der Waals surface area contributed by atoms with Crippen molar-refractivity contribution in [2.24, 2.45) is 0 Å². The van der Waals surface area contributed by atoms with E-state index in [-0.39, 0.29) is 5.75 Å². The Morgan fingerprint density at radius 3 is 3.06 bits per heavy atom. The van der Waals surface area contributed by atoms with Gasteiger partial charge in [-0.05, 0) is 22.0 Å². The van der Waals surface area contributed by atoms with Gasteiger partial charge in [0, 0.05) is 36.2 Å². The third-order valence-corrected chi connectivity index (χ3v) is 6.86. The van der Waals surface area contributed by atoms with E-state index in [1.54, 1.807) is 31.1 Å². The Morgan fingerprint density at radius 2 is 2.39 bits per heavy atom. The van der Waals surface area contributed by atoms with Gasteiger partial charge < -0.3 is 4.90 Å². The molecule has 1 saturated heterocycles. The first kappa shape index (κ1) is 14.1. The quantitative estimate of drug-likeness (QED) is 0.835. The van der Waals surface area contributed by atoms with E-state index in [1.807, 2.05) is 11.0 Å². The van der Waals surface area contributed by atoms with Crippen molar-refractivity contribution in [3.05, 3.63) is 22.9 Å². The summed E-state index contributed by atoms with van der Waals surface area (Å²) in [4.78, 5) is 5.99. The molecule has 0 bridgehead atoms. The van der Waals surface area contributed by atoms with E-state index in [2.05, 4.69) is 20.9 Å². The minimum atomic E-state index is -3.07. The van der Waals surface area contributed by atoms with Gasteiger partial charge in [0.2, 0.25) is 0 Å². The Balaban J connectivity index is 2.38. The predicted molar refractivity (Wildman–Crippen MR) is 79.9 cm³/mol. The monoisotopic (exact) mass is 350 g/mol. The lowest BCUT2D eigenvalue weighted by Crippen LogP contribution is -2.48. The average Bonchev–Trinajstić information content (AvgIpc) is 2.39. The summed E-state index contributed by atoms with van der Waals surface area (Å²) >= 11 is 5.14. The van der Waals surface area contributed by atoms with Crippen molar-refractivity contribution in [3.8, 4) is 0 Å². The molecule has 0 radical (unpaired) electrons. The fourth-order valence-electron chi connectivity index (χ4n) is 1.95. The molecule has 2 heterocycles. The Labute approximate surface area is 120 Å². The van der Waals surface area contributed by atoms with Gasteiger partial charge in [0.15, 0.2) is 9.84 Å². The minimum absolute atomic E-state index is 0.178. The normalized spacial score (nSPS) is 21.0. The van der Waals surface area contributed by atoms with Crippen molar-refractivity contribution in [3.63, 3.8) is 0 Å². The molecular formula is C11H15BrN2O2S2. The second kappa shape index (κ2) is 5.79. The van der Waals surface area contributed by atoms with Crippen LogP contribution in [0.3, 0.4) is 0 Å². The smallest absolute Gasteiger partial charge is 0.171 e. The molecule has 1 aromatic heterocycles. The highest BCUT2D eigenvalue weighted by molar-refractivity contribution is 9.10. The molecule has 1 aliphatic rings. The molecule has 2 rings (SSSR count). The van der Waals surface area contributed by atoms with Crippen molar-refractivity contribution < 1.29 is 8.42 Å². The third kappa shape index (κ3) is 2.83. The van der Waals surface area contributed by atoms with Gasteiger partial charge in [-0.15, -0.1) is 0 Å². The highest BCUT2D eigenvalue weighted by Crippen LogP contribution is 2.32. The number of pyridine rings is 1. The molecule has 1 unspecified atom stereocenters. The molecule has 0 aliphatic carbocycles. The van der Waals surface area contributed by atoms with Crippen LogP contribution in [0.25, 0.3) is 0 Å². The van der Waals surface area contributed by atoms with Crippen LogP contribution in [-0.4, -0.2) is 42.6 Å². The van der Waals surface area contributed by atoms with Gasteiger partial charge in [-0.1, -0.05) is 6.92 Å². The zero-order chi connectivity index (χ0) is 13.2. The average molecular weight is 351 g/mol. The molecule has 0 saturated carbocycles. The molecule has 0 amide bonds. The first-order valence-electron chi connectivity index (χ1n) is 5.71. The molecule has 1 aliphatic heterocycles. The molecule has 0 aromatic carbocycles. The van der Waals surface area contributed by atoms with Crippen LogP contribution in [0, 0.1) is 0 Å². The van der Waals surface area contributed by atoms with Crippen LogP contribution in [0.2, 0.25) is 0 Å². The lowest BCUT2D eigenvalue weighted by atomic mass is 10.3. The Kier molecular flexibility index (Phi) is 4.55. The number of halogens is 1. The van der Waals surface area contributed by atoms with E-state index >= 15 is 0 Å². The number of hydrogen-bond acceptors (Lipinski definition) is 5. The topological polar surface area (TPSA) is 50.3 Å². The van der Waals surface area contributed by atoms with Gasteiger partial charge in [-0.2, -0.15) is 11.8 Å². The fraction of sp³-hybridized carbons (Fsp3) is 0.545. The maximum atomic E-state index is 12.2. The van der Waals surface area contributed by atoms with Crippen LogP contribution < -0.4 is 4.90 Å². The van der Waals surface area contributed by atoms with Crippen molar-refractivity contribution in [1.29, 1.82) is 0 Å². The molecule has 1 fully saturated rings. The Hall–Kier alpha value is -0.270. The van der Waals surface area contributed by atoms with Crippen molar-refractivity contribution in [2.75, 3.05) is 28.7 Å². The standard InChI is InChI=1S/C11H15BrN2O2S2/c1-2-18(15,16)11-8-17-6-5-14(11)10-3-4-13-7-9(10)12/h3-4,7,11H,2,5-6,8H2,1H3. The SMILES string of the molecule is CCS(=O)(=O)C1CSCCN1c1ccncc1Br. The van der Waals surface area contributed by atoms with Crippen LogP contribution in [0.1, 0.15) is 6.92 Å². The number of sulfone groups is 1. The molecule has 1 aromatic rings. The number of aromatic nitrogens is 1. The number of anilines is 1. The Bertz CT molecular complexity index is 522. The van der Waals surface area contributed by atoms with Crippen LogP contribution >= 0.6 is 27.7 Å². The summed E-state index contributed by atoms with van der Waals surface area (Å²) in [5.41, 5.74) is 0.910. The van der Waals surface area contributed by atoms with E-state index in [0.29, 0.717) is 5.75 Å².